The van der Waals surface area contributed by atoms with Crippen LogP contribution in [0.2, 0.25) is 0 Å². The van der Waals surface area contributed by atoms with Gasteiger partial charge in [0.2, 0.25) is 5.43 Å². The van der Waals surface area contributed by atoms with Crippen LogP contribution < -0.4 is 10.7 Å². The van der Waals surface area contributed by atoms with Crippen LogP contribution >= 0.6 is 21.0 Å². The van der Waals surface area contributed by atoms with Gasteiger partial charge in [0, 0.05) is 78.7 Å². The molecule has 0 bridgehead atoms. The molecule has 1 aliphatic heterocycles. The molecule has 2 N–H and O–H groups in total. The van der Waals surface area contributed by atoms with Crippen molar-refractivity contribution in [3.05, 3.63) is 87.6 Å². The molecule has 1 amide bonds. The van der Waals surface area contributed by atoms with E-state index < -0.39 is 23.5 Å². The Balaban J connectivity index is 1.35. The molecule has 1 aliphatic rings. The highest BCUT2D eigenvalue weighted by Crippen LogP contribution is 2.39. The summed E-state index contributed by atoms with van der Waals surface area (Å²) in [5.74, 6) is -2.49. The molecule has 1 fully saturated rings. The summed E-state index contributed by atoms with van der Waals surface area (Å²) < 4.78 is 56.0. The van der Waals surface area contributed by atoms with E-state index in [9.17, 15) is 22.8 Å². The average molecular weight is 554 g/mol. The third kappa shape index (κ3) is 7.28. The quantitative estimate of drug-likeness (QED) is 0.241. The average Bonchev–Trinajstić information content (AvgIpc) is 2.89. The second-order valence-corrected chi connectivity index (χ2v) is 11.9. The second kappa shape index (κ2) is 12.5. The standard InChI is InChI=1S/C24H24F3N4O4S2/c25-19-14-18(15-20(26)23(19)27)31-5-4-22(32)21(29-31)13-16-2-1-3-17(12-16)28-24(33)35-9-6-30-7-10-37(36-34)11-8-30/h1-5,12,14-15,34H,6-11,13H2,(H,28,33). The highest BCUT2D eigenvalue weighted by atomic mass is 33.1. The van der Waals surface area contributed by atoms with Gasteiger partial charge in [-0.1, -0.05) is 12.1 Å². The van der Waals surface area contributed by atoms with Crippen LogP contribution in [0, 0.1) is 17.5 Å². The zero-order chi connectivity index (χ0) is 26.4. The molecule has 0 aliphatic carbocycles. The summed E-state index contributed by atoms with van der Waals surface area (Å²) in [5, 5.41) is 6.81. The SMILES string of the molecule is O=C(Nc1cccc(Cc2nn(-c3cc(F)c(F)c(F)c3)ccc2=O)c1)OCCN1CC[S](SO)CC1. The van der Waals surface area contributed by atoms with Gasteiger partial charge in [-0.15, -0.1) is 9.93 Å². The van der Waals surface area contributed by atoms with E-state index in [1.807, 2.05) is 0 Å². The lowest BCUT2D eigenvalue weighted by Crippen LogP contribution is -2.37. The number of carbonyl (C=O) groups is 1. The summed E-state index contributed by atoms with van der Waals surface area (Å²) in [7, 11) is -0.00470. The molecule has 197 valence electrons. The number of nitrogens with zero attached hydrogens (tertiary/aromatic N) is 3. The fourth-order valence-corrected chi connectivity index (χ4v) is 5.91. The van der Waals surface area contributed by atoms with Gasteiger partial charge < -0.3 is 9.29 Å². The van der Waals surface area contributed by atoms with Gasteiger partial charge in [-0.25, -0.2) is 22.6 Å². The van der Waals surface area contributed by atoms with Crippen molar-refractivity contribution in [2.75, 3.05) is 43.1 Å². The van der Waals surface area contributed by atoms with Crippen LogP contribution in [0.25, 0.3) is 5.69 Å². The molecular formula is C24H24F3N4O4S2. The third-order valence-electron chi connectivity index (χ3n) is 5.67. The number of hydrogen-bond donors (Lipinski definition) is 2. The number of hydrogen-bond acceptors (Lipinski definition) is 7. The van der Waals surface area contributed by atoms with Crippen molar-refractivity contribution in [1.82, 2.24) is 14.7 Å². The highest BCUT2D eigenvalue weighted by Gasteiger charge is 2.18. The first kappa shape index (κ1) is 27.0. The van der Waals surface area contributed by atoms with E-state index in [0.29, 0.717) is 17.8 Å². The Morgan fingerprint density at radius 1 is 1.14 bits per heavy atom. The smallest absolute Gasteiger partial charge is 0.411 e. The Morgan fingerprint density at radius 2 is 1.86 bits per heavy atom. The summed E-state index contributed by atoms with van der Waals surface area (Å²) in [4.78, 5) is 26.7. The van der Waals surface area contributed by atoms with E-state index in [0.717, 1.165) is 52.5 Å². The molecule has 37 heavy (non-hydrogen) atoms. The number of carbonyl (C=O) groups excluding carboxylic acids is 1. The number of ether oxygens (including phenoxy) is 1. The molecule has 1 saturated heterocycles. The predicted molar refractivity (Wildman–Crippen MR) is 138 cm³/mol. The van der Waals surface area contributed by atoms with Crippen molar-refractivity contribution < 1.29 is 27.3 Å². The van der Waals surface area contributed by atoms with E-state index in [1.165, 1.54) is 12.3 Å². The van der Waals surface area contributed by atoms with Crippen molar-refractivity contribution in [2.45, 2.75) is 6.42 Å². The molecule has 1 radical (unpaired) electrons. The fourth-order valence-electron chi connectivity index (χ4n) is 3.74. The van der Waals surface area contributed by atoms with Crippen molar-refractivity contribution in [3.8, 4) is 5.69 Å². The maximum absolute atomic E-state index is 13.6. The second-order valence-electron chi connectivity index (χ2n) is 8.20. The monoisotopic (exact) mass is 553 g/mol. The van der Waals surface area contributed by atoms with Crippen LogP contribution in [0.15, 0.2) is 53.5 Å². The van der Waals surface area contributed by atoms with Crippen LogP contribution in [0.5, 0.6) is 0 Å². The lowest BCUT2D eigenvalue weighted by Gasteiger charge is -2.30. The highest BCUT2D eigenvalue weighted by molar-refractivity contribution is 8.83. The maximum Gasteiger partial charge on any atom is 0.411 e. The minimum Gasteiger partial charge on any atom is -0.448 e. The Hall–Kier alpha value is -3.00. The van der Waals surface area contributed by atoms with Crippen LogP contribution in [0.1, 0.15) is 11.3 Å². The first-order valence-corrected chi connectivity index (χ1v) is 14.2. The Bertz CT molecular complexity index is 1300. The zero-order valence-electron chi connectivity index (χ0n) is 19.5. The van der Waals surface area contributed by atoms with Crippen LogP contribution in [-0.2, 0) is 11.2 Å². The molecule has 2 heterocycles. The summed E-state index contributed by atoms with van der Waals surface area (Å²) in [6, 6.07) is 9.53. The summed E-state index contributed by atoms with van der Waals surface area (Å²) >= 11 is 0.925. The molecule has 0 spiro atoms. The number of anilines is 1. The summed E-state index contributed by atoms with van der Waals surface area (Å²) in [6.45, 7) is 2.53. The van der Waals surface area contributed by atoms with Crippen molar-refractivity contribution in [1.29, 1.82) is 0 Å². The van der Waals surface area contributed by atoms with Gasteiger partial charge in [0.15, 0.2) is 17.5 Å². The van der Waals surface area contributed by atoms with Crippen molar-refractivity contribution in [2.24, 2.45) is 0 Å². The number of rotatable bonds is 8. The van der Waals surface area contributed by atoms with Gasteiger partial charge in [0.05, 0.1) is 5.69 Å². The molecule has 3 aromatic rings. The van der Waals surface area contributed by atoms with Gasteiger partial charge in [-0.3, -0.25) is 15.0 Å². The van der Waals surface area contributed by atoms with E-state index >= 15 is 0 Å². The molecule has 1 aromatic heterocycles. The number of halogens is 3. The van der Waals surface area contributed by atoms with Crippen LogP contribution in [-0.4, -0.2) is 63.1 Å². The Morgan fingerprint density at radius 3 is 2.57 bits per heavy atom. The Labute approximate surface area is 217 Å². The number of nitrogens with one attached hydrogen (secondary N) is 1. The van der Waals surface area contributed by atoms with E-state index in [1.54, 1.807) is 24.3 Å². The lowest BCUT2D eigenvalue weighted by atomic mass is 10.1. The Kier molecular flexibility index (Phi) is 9.14. The largest absolute Gasteiger partial charge is 0.448 e. The van der Waals surface area contributed by atoms with Gasteiger partial charge in [0.1, 0.15) is 12.3 Å². The number of amides is 1. The molecular weight excluding hydrogens is 529 g/mol. The molecule has 0 unspecified atom stereocenters. The van der Waals surface area contributed by atoms with Gasteiger partial charge >= 0.3 is 6.09 Å². The molecule has 4 rings (SSSR count). The minimum atomic E-state index is -1.59. The van der Waals surface area contributed by atoms with Gasteiger partial charge in [-0.2, -0.15) is 5.10 Å². The van der Waals surface area contributed by atoms with Gasteiger partial charge in [0.25, 0.3) is 0 Å². The normalized spacial score (nSPS) is 14.5. The van der Waals surface area contributed by atoms with E-state index in [-0.39, 0.29) is 39.8 Å². The van der Waals surface area contributed by atoms with Gasteiger partial charge in [-0.05, 0) is 17.7 Å². The number of benzene rings is 2. The first-order chi connectivity index (χ1) is 17.8. The molecule has 8 nitrogen and oxygen atoms in total. The molecule has 0 saturated carbocycles. The fraction of sp³-hybridized carbons (Fsp3) is 0.292. The lowest BCUT2D eigenvalue weighted by molar-refractivity contribution is 0.142. The molecule has 0 atom stereocenters. The van der Waals surface area contributed by atoms with Crippen molar-refractivity contribution >= 4 is 32.8 Å². The van der Waals surface area contributed by atoms with Crippen LogP contribution in [0.4, 0.5) is 23.7 Å². The molecule has 13 heteroatoms. The summed E-state index contributed by atoms with van der Waals surface area (Å²) in [5.41, 5.74) is 0.744. The maximum atomic E-state index is 13.6. The number of aromatic nitrogens is 2. The third-order valence-corrected chi connectivity index (χ3v) is 8.79. The summed E-state index contributed by atoms with van der Waals surface area (Å²) in [6.07, 6.45) is 0.708. The predicted octanol–water partition coefficient (Wildman–Crippen LogP) is 4.49. The topological polar surface area (TPSA) is 96.7 Å². The van der Waals surface area contributed by atoms with Crippen molar-refractivity contribution in [3.63, 3.8) is 0 Å². The minimum absolute atomic E-state index is 0.00470. The van der Waals surface area contributed by atoms with E-state index in [2.05, 4.69) is 15.3 Å². The van der Waals surface area contributed by atoms with E-state index in [4.69, 9.17) is 9.29 Å². The zero-order valence-corrected chi connectivity index (χ0v) is 21.2. The molecule has 2 aromatic carbocycles. The first-order valence-electron chi connectivity index (χ1n) is 11.3. The van der Waals surface area contributed by atoms with Crippen LogP contribution in [0.3, 0.4) is 0 Å².